The van der Waals surface area contributed by atoms with Crippen LogP contribution in [0.25, 0.3) is 11.1 Å². The lowest BCUT2D eigenvalue weighted by atomic mass is 9.87. The van der Waals surface area contributed by atoms with E-state index < -0.39 is 0 Å². The summed E-state index contributed by atoms with van der Waals surface area (Å²) in [4.78, 5) is 12.3. The van der Waals surface area contributed by atoms with Gasteiger partial charge in [0.15, 0.2) is 0 Å². The summed E-state index contributed by atoms with van der Waals surface area (Å²) in [6, 6.07) is 20.7. The summed E-state index contributed by atoms with van der Waals surface area (Å²) < 4.78 is 17.5. The van der Waals surface area contributed by atoms with Gasteiger partial charge in [0.1, 0.15) is 0 Å². The van der Waals surface area contributed by atoms with Gasteiger partial charge >= 0.3 is 5.97 Å². The summed E-state index contributed by atoms with van der Waals surface area (Å²) in [5.41, 5.74) is 8.32. The number of hydrogen-bond donors (Lipinski definition) is 1. The van der Waals surface area contributed by atoms with Crippen LogP contribution in [0.2, 0.25) is 10.0 Å². The summed E-state index contributed by atoms with van der Waals surface area (Å²) in [5, 5.41) is 4.98. The molecule has 0 heterocycles. The Labute approximate surface area is 246 Å². The average molecular weight is 581 g/mol. The lowest BCUT2D eigenvalue weighted by molar-refractivity contribution is 0.0600. The summed E-state index contributed by atoms with van der Waals surface area (Å²) in [5.74, 6) is 0.364. The molecule has 6 heteroatoms. The van der Waals surface area contributed by atoms with Crippen molar-refractivity contribution in [2.75, 3.05) is 19.1 Å². The molecule has 0 aromatic heterocycles. The molecule has 1 N–H and O–H groups in total. The number of alkyl halides is 1. The predicted molar refractivity (Wildman–Crippen MR) is 164 cm³/mol. The van der Waals surface area contributed by atoms with E-state index in [-0.39, 0.29) is 12.6 Å². The number of rotatable bonds is 9. The minimum absolute atomic E-state index is 0.208. The highest BCUT2D eigenvalue weighted by Gasteiger charge is 2.25. The van der Waals surface area contributed by atoms with Crippen LogP contribution >= 0.6 is 23.2 Å². The Morgan fingerprint density at radius 2 is 1.77 bits per heavy atom. The van der Waals surface area contributed by atoms with Crippen LogP contribution in [-0.4, -0.2) is 25.8 Å². The normalized spacial score (nSPS) is 18.8. The summed E-state index contributed by atoms with van der Waals surface area (Å²) >= 11 is 13.0. The van der Waals surface area contributed by atoms with Gasteiger partial charge in [-0.25, -0.2) is 4.79 Å². The quantitative estimate of drug-likeness (QED) is 0.202. The van der Waals surface area contributed by atoms with E-state index in [9.17, 15) is 9.18 Å². The highest BCUT2D eigenvalue weighted by atomic mass is 35.5. The molecule has 2 aliphatic rings. The van der Waals surface area contributed by atoms with E-state index in [1.807, 2.05) is 30.3 Å². The smallest absolute Gasteiger partial charge is 0.337 e. The lowest BCUT2D eigenvalue weighted by Gasteiger charge is -2.19. The van der Waals surface area contributed by atoms with E-state index in [0.29, 0.717) is 34.0 Å². The first kappa shape index (κ1) is 28.7. The molecule has 0 radical (unpaired) electrons. The maximum absolute atomic E-state index is 12.5. The van der Waals surface area contributed by atoms with Gasteiger partial charge in [-0.1, -0.05) is 60.3 Å². The van der Waals surface area contributed by atoms with E-state index in [2.05, 4.69) is 29.6 Å². The maximum Gasteiger partial charge on any atom is 0.337 e. The first-order chi connectivity index (χ1) is 19.5. The molecule has 3 aromatic rings. The van der Waals surface area contributed by atoms with Crippen molar-refractivity contribution in [2.45, 2.75) is 63.8 Å². The van der Waals surface area contributed by atoms with E-state index in [4.69, 9.17) is 27.9 Å². The molecule has 0 saturated heterocycles. The fraction of sp³-hybridized carbons (Fsp3) is 0.382. The predicted octanol–water partition coefficient (Wildman–Crippen LogP) is 9.80. The molecule has 40 heavy (non-hydrogen) atoms. The van der Waals surface area contributed by atoms with Crippen LogP contribution < -0.4 is 5.32 Å². The van der Waals surface area contributed by atoms with Crippen molar-refractivity contribution in [3.63, 3.8) is 0 Å². The number of fused-ring (bicyclic) bond motifs is 1. The monoisotopic (exact) mass is 579 g/mol. The maximum atomic E-state index is 12.5. The van der Waals surface area contributed by atoms with Crippen LogP contribution in [0.3, 0.4) is 0 Å². The molecule has 3 nitrogen and oxygen atoms in total. The van der Waals surface area contributed by atoms with Crippen molar-refractivity contribution in [1.29, 1.82) is 0 Å². The topological polar surface area (TPSA) is 38.3 Å². The third kappa shape index (κ3) is 6.56. The zero-order valence-electron chi connectivity index (χ0n) is 22.9. The highest BCUT2D eigenvalue weighted by molar-refractivity contribution is 6.36. The Morgan fingerprint density at radius 3 is 2.52 bits per heavy atom. The number of aryl methyl sites for hydroxylation is 1. The van der Waals surface area contributed by atoms with Crippen molar-refractivity contribution in [2.24, 2.45) is 5.92 Å². The number of nitrogens with one attached hydrogen (secondary N) is 1. The molecule has 0 aliphatic heterocycles. The van der Waals surface area contributed by atoms with Gasteiger partial charge in [0.25, 0.3) is 0 Å². The highest BCUT2D eigenvalue weighted by Crippen LogP contribution is 2.43. The Kier molecular flexibility index (Phi) is 9.49. The number of hydrogen-bond acceptors (Lipinski definition) is 3. The molecule has 5 rings (SSSR count). The first-order valence-corrected chi connectivity index (χ1v) is 15.1. The zero-order chi connectivity index (χ0) is 28.1. The number of halogens is 3. The largest absolute Gasteiger partial charge is 0.465 e. The van der Waals surface area contributed by atoms with Crippen LogP contribution in [0.4, 0.5) is 10.1 Å². The second kappa shape index (κ2) is 13.2. The number of ether oxygens (including phenoxy) is 1. The van der Waals surface area contributed by atoms with Crippen LogP contribution in [-0.2, 0) is 11.2 Å². The van der Waals surface area contributed by atoms with Crippen LogP contribution in [0.5, 0.6) is 0 Å². The van der Waals surface area contributed by atoms with Gasteiger partial charge in [-0.3, -0.25) is 4.39 Å². The van der Waals surface area contributed by atoms with Crippen molar-refractivity contribution >= 4 is 46.0 Å². The minimum Gasteiger partial charge on any atom is -0.465 e. The fourth-order valence-electron chi connectivity index (χ4n) is 6.33. The number of anilines is 1. The third-order valence-electron chi connectivity index (χ3n) is 8.31. The van der Waals surface area contributed by atoms with Crippen molar-refractivity contribution < 1.29 is 13.9 Å². The second-order valence-corrected chi connectivity index (χ2v) is 11.8. The molecule has 210 valence electrons. The van der Waals surface area contributed by atoms with Gasteiger partial charge in [0, 0.05) is 21.8 Å². The lowest BCUT2D eigenvalue weighted by Crippen LogP contribution is -2.15. The number of unbranched alkanes of at least 4 members (excludes halogenated alkanes) is 1. The van der Waals surface area contributed by atoms with Crippen molar-refractivity contribution in [3.05, 3.63) is 98.5 Å². The molecule has 1 unspecified atom stereocenters. The fourth-order valence-corrected chi connectivity index (χ4v) is 6.85. The number of benzene rings is 3. The molecule has 0 amide bonds. The van der Waals surface area contributed by atoms with E-state index in [1.54, 1.807) is 6.07 Å². The Morgan fingerprint density at radius 1 is 0.975 bits per heavy atom. The average Bonchev–Trinajstić information content (AvgIpc) is 3.31. The van der Waals surface area contributed by atoms with Crippen molar-refractivity contribution in [3.8, 4) is 0 Å². The summed E-state index contributed by atoms with van der Waals surface area (Å²) in [7, 11) is 1.41. The SMILES string of the molecule is COC(=O)c1ccc2c(c1)CCCC(c1ccc(Cl)cc1Cl)=C2c1ccc(N[C@H]2CCC(CCCCF)C2)cc1. The summed E-state index contributed by atoms with van der Waals surface area (Å²) in [6.07, 6.45) is 8.95. The number of carbonyl (C=O) groups is 1. The van der Waals surface area contributed by atoms with Gasteiger partial charge in [0.2, 0.25) is 0 Å². The molecule has 2 aliphatic carbocycles. The Hall–Kier alpha value is -2.82. The number of esters is 1. The molecule has 0 spiro atoms. The number of carbonyl (C=O) groups excluding carboxylic acids is 1. The van der Waals surface area contributed by atoms with Crippen LogP contribution in [0.1, 0.15) is 84.0 Å². The molecule has 3 aromatic carbocycles. The third-order valence-corrected chi connectivity index (χ3v) is 8.86. The van der Waals surface area contributed by atoms with Gasteiger partial charge in [-0.15, -0.1) is 0 Å². The van der Waals surface area contributed by atoms with Crippen LogP contribution in [0.15, 0.2) is 60.7 Å². The van der Waals surface area contributed by atoms with Gasteiger partial charge in [-0.05, 0) is 121 Å². The van der Waals surface area contributed by atoms with Gasteiger partial charge in [0.05, 0.1) is 19.3 Å². The van der Waals surface area contributed by atoms with Gasteiger partial charge in [-0.2, -0.15) is 0 Å². The Bertz CT molecular complexity index is 1390. The van der Waals surface area contributed by atoms with E-state index in [0.717, 1.165) is 78.5 Å². The van der Waals surface area contributed by atoms with E-state index >= 15 is 0 Å². The standard InChI is InChI=1S/C34H36Cl2FNO2/c1-40-34(39)25-11-16-29-24(20-25)6-4-7-31(30-17-12-26(35)21-32(30)36)33(29)23-9-14-27(15-10-23)38-28-13-8-22(19-28)5-2-3-18-37/h9-12,14-17,20-22,28,38H,2-8,13,18-19H2,1H3/t22?,28-/m0/s1. The molecular weight excluding hydrogens is 544 g/mol. The Balaban J connectivity index is 1.48. The summed E-state index contributed by atoms with van der Waals surface area (Å²) in [6.45, 7) is -0.208. The van der Waals surface area contributed by atoms with E-state index in [1.165, 1.54) is 19.1 Å². The molecule has 2 atom stereocenters. The number of allylic oxidation sites excluding steroid dienone is 1. The molecule has 0 bridgehead atoms. The molecular formula is C34H36Cl2FNO2. The zero-order valence-corrected chi connectivity index (χ0v) is 24.5. The molecule has 1 fully saturated rings. The second-order valence-electron chi connectivity index (χ2n) is 11.0. The van der Waals surface area contributed by atoms with Crippen molar-refractivity contribution in [1.82, 2.24) is 0 Å². The van der Waals surface area contributed by atoms with Gasteiger partial charge < -0.3 is 10.1 Å². The number of methoxy groups -OCH3 is 1. The molecule has 1 saturated carbocycles. The first-order valence-electron chi connectivity index (χ1n) is 14.3. The van der Waals surface area contributed by atoms with Crippen LogP contribution in [0, 0.1) is 5.92 Å². The minimum atomic E-state index is -0.328.